The van der Waals surface area contributed by atoms with Gasteiger partial charge in [-0.25, -0.2) is 4.99 Å². The Bertz CT molecular complexity index is 592. The lowest BCUT2D eigenvalue weighted by atomic mass is 9.98. The number of nitrogens with zero attached hydrogens (tertiary/aromatic N) is 1. The summed E-state index contributed by atoms with van der Waals surface area (Å²) in [5.74, 6) is 2.10. The maximum atomic E-state index is 9.90. The van der Waals surface area contributed by atoms with E-state index in [1.54, 1.807) is 19.2 Å². The number of benzene rings is 1. The minimum atomic E-state index is 0. The molecule has 1 aromatic rings. The third-order valence-electron chi connectivity index (χ3n) is 5.03. The summed E-state index contributed by atoms with van der Waals surface area (Å²) in [7, 11) is 1.54. The van der Waals surface area contributed by atoms with E-state index in [1.807, 2.05) is 6.07 Å². The van der Waals surface area contributed by atoms with Crippen LogP contribution in [-0.2, 0) is 11.3 Å². The first kappa shape index (κ1) is 24.8. The summed E-state index contributed by atoms with van der Waals surface area (Å²) in [5.41, 5.74) is 0.934. The van der Waals surface area contributed by atoms with Crippen molar-refractivity contribution in [1.82, 2.24) is 10.6 Å². The second kappa shape index (κ2) is 13.9. The van der Waals surface area contributed by atoms with Crippen LogP contribution in [-0.4, -0.2) is 44.0 Å². The summed E-state index contributed by atoms with van der Waals surface area (Å²) in [6, 6.07) is 5.36. The molecule has 160 valence electrons. The number of phenolic OH excluding ortho intramolecular Hbond substituents is 1. The Hall–Kier alpha value is -1.22. The molecular formula is C21H36IN3O3. The van der Waals surface area contributed by atoms with Crippen molar-refractivity contribution in [3.63, 3.8) is 0 Å². The van der Waals surface area contributed by atoms with E-state index in [0.29, 0.717) is 24.3 Å². The zero-order valence-electron chi connectivity index (χ0n) is 17.4. The molecule has 28 heavy (non-hydrogen) atoms. The Morgan fingerprint density at radius 1 is 1.25 bits per heavy atom. The van der Waals surface area contributed by atoms with Gasteiger partial charge >= 0.3 is 0 Å². The number of guanidine groups is 1. The van der Waals surface area contributed by atoms with Gasteiger partial charge in [0.25, 0.3) is 0 Å². The van der Waals surface area contributed by atoms with Crippen molar-refractivity contribution in [3.05, 3.63) is 23.8 Å². The van der Waals surface area contributed by atoms with Crippen molar-refractivity contribution in [2.45, 2.75) is 58.6 Å². The summed E-state index contributed by atoms with van der Waals surface area (Å²) in [6.45, 7) is 7.03. The molecule has 0 amide bonds. The normalized spacial score (nSPS) is 15.8. The van der Waals surface area contributed by atoms with Crippen LogP contribution in [0.4, 0.5) is 0 Å². The molecule has 1 aromatic carbocycles. The Balaban J connectivity index is 0.00000392. The molecule has 2 rings (SSSR count). The largest absolute Gasteiger partial charge is 0.504 e. The molecule has 0 heterocycles. The number of methoxy groups -OCH3 is 1. The molecule has 0 bridgehead atoms. The van der Waals surface area contributed by atoms with E-state index in [9.17, 15) is 5.11 Å². The maximum Gasteiger partial charge on any atom is 0.191 e. The fraction of sp³-hybridized carbons (Fsp3) is 0.667. The van der Waals surface area contributed by atoms with Gasteiger partial charge in [-0.1, -0.05) is 18.9 Å². The van der Waals surface area contributed by atoms with Gasteiger partial charge in [0.05, 0.1) is 19.8 Å². The quantitative estimate of drug-likeness (QED) is 0.254. The molecule has 3 N–H and O–H groups in total. The lowest BCUT2D eigenvalue weighted by Gasteiger charge is -2.24. The van der Waals surface area contributed by atoms with Crippen LogP contribution in [0.15, 0.2) is 23.2 Å². The van der Waals surface area contributed by atoms with E-state index in [1.165, 1.54) is 25.7 Å². The first-order chi connectivity index (χ1) is 13.2. The van der Waals surface area contributed by atoms with Gasteiger partial charge in [-0.05, 0) is 56.7 Å². The molecule has 0 aromatic heterocycles. The van der Waals surface area contributed by atoms with Crippen molar-refractivity contribution in [3.8, 4) is 11.5 Å². The highest BCUT2D eigenvalue weighted by Gasteiger charge is 2.25. The standard InChI is InChI=1S/C21H35N3O3.HI/c1-4-22-21(24-15-16-10-11-20(26-3)18(25)14-16)23-13-12-19(27-5-2)17-8-6-7-9-17;/h10-11,14,17,19,25H,4-9,12-13,15H2,1-3H3,(H2,22,23,24);1H. The number of halogens is 1. The Labute approximate surface area is 186 Å². The highest BCUT2D eigenvalue weighted by molar-refractivity contribution is 14.0. The van der Waals surface area contributed by atoms with Gasteiger partial charge < -0.3 is 25.2 Å². The van der Waals surface area contributed by atoms with Crippen LogP contribution in [0.3, 0.4) is 0 Å². The van der Waals surface area contributed by atoms with Gasteiger partial charge in [0, 0.05) is 19.7 Å². The molecule has 1 unspecified atom stereocenters. The fourth-order valence-corrected chi connectivity index (χ4v) is 3.68. The lowest BCUT2D eigenvalue weighted by Crippen LogP contribution is -2.39. The van der Waals surface area contributed by atoms with E-state index >= 15 is 0 Å². The SMILES string of the molecule is CCNC(=NCc1ccc(OC)c(O)c1)NCCC(OCC)C1CCCC1.I. The molecule has 0 saturated heterocycles. The van der Waals surface area contributed by atoms with Crippen molar-refractivity contribution >= 4 is 29.9 Å². The predicted octanol–water partition coefficient (Wildman–Crippen LogP) is 4.06. The lowest BCUT2D eigenvalue weighted by molar-refractivity contribution is 0.0169. The smallest absolute Gasteiger partial charge is 0.191 e. The Morgan fingerprint density at radius 3 is 2.61 bits per heavy atom. The highest BCUT2D eigenvalue weighted by Crippen LogP contribution is 2.30. The number of aromatic hydroxyl groups is 1. The molecule has 1 aliphatic rings. The van der Waals surface area contributed by atoms with Crippen LogP contribution in [0, 0.1) is 5.92 Å². The Kier molecular flexibility index (Phi) is 12.3. The van der Waals surface area contributed by atoms with Crippen LogP contribution in [0.25, 0.3) is 0 Å². The number of rotatable bonds is 10. The van der Waals surface area contributed by atoms with Crippen molar-refractivity contribution in [2.75, 3.05) is 26.8 Å². The summed E-state index contributed by atoms with van der Waals surface area (Å²) in [6.07, 6.45) is 6.58. The molecule has 7 heteroatoms. The zero-order chi connectivity index (χ0) is 19.5. The monoisotopic (exact) mass is 505 g/mol. The number of ether oxygens (including phenoxy) is 2. The van der Waals surface area contributed by atoms with E-state index in [4.69, 9.17) is 9.47 Å². The molecular weight excluding hydrogens is 469 g/mol. The molecule has 1 fully saturated rings. The number of hydrogen-bond donors (Lipinski definition) is 3. The minimum absolute atomic E-state index is 0. The van der Waals surface area contributed by atoms with Gasteiger partial charge in [0.1, 0.15) is 0 Å². The number of phenols is 1. The number of hydrogen-bond acceptors (Lipinski definition) is 4. The molecule has 1 aliphatic carbocycles. The fourth-order valence-electron chi connectivity index (χ4n) is 3.68. The summed E-state index contributed by atoms with van der Waals surface area (Å²) >= 11 is 0. The number of nitrogens with one attached hydrogen (secondary N) is 2. The van der Waals surface area contributed by atoms with Gasteiger partial charge in [-0.3, -0.25) is 0 Å². The van der Waals surface area contributed by atoms with E-state index in [-0.39, 0.29) is 29.7 Å². The van der Waals surface area contributed by atoms with Gasteiger partial charge in [-0.2, -0.15) is 0 Å². The summed E-state index contributed by atoms with van der Waals surface area (Å²) < 4.78 is 11.1. The second-order valence-corrected chi connectivity index (χ2v) is 6.96. The van der Waals surface area contributed by atoms with Crippen molar-refractivity contribution in [2.24, 2.45) is 10.9 Å². The van der Waals surface area contributed by atoms with E-state index < -0.39 is 0 Å². The van der Waals surface area contributed by atoms with Crippen LogP contribution in [0.5, 0.6) is 11.5 Å². The van der Waals surface area contributed by atoms with Crippen LogP contribution in [0.1, 0.15) is 51.5 Å². The highest BCUT2D eigenvalue weighted by atomic mass is 127. The molecule has 6 nitrogen and oxygen atoms in total. The third kappa shape index (κ3) is 8.03. The first-order valence-electron chi connectivity index (χ1n) is 10.2. The summed E-state index contributed by atoms with van der Waals surface area (Å²) in [5, 5.41) is 16.6. The minimum Gasteiger partial charge on any atom is -0.504 e. The van der Waals surface area contributed by atoms with Gasteiger partial charge in [0.15, 0.2) is 17.5 Å². The van der Waals surface area contributed by atoms with Crippen LogP contribution in [0.2, 0.25) is 0 Å². The molecule has 1 atom stereocenters. The first-order valence-corrected chi connectivity index (χ1v) is 10.2. The average molecular weight is 505 g/mol. The zero-order valence-corrected chi connectivity index (χ0v) is 19.7. The molecule has 1 saturated carbocycles. The third-order valence-corrected chi connectivity index (χ3v) is 5.03. The number of aliphatic imine (C=N–C) groups is 1. The predicted molar refractivity (Wildman–Crippen MR) is 125 cm³/mol. The van der Waals surface area contributed by atoms with Gasteiger partial charge in [-0.15, -0.1) is 24.0 Å². The topological polar surface area (TPSA) is 75.1 Å². The van der Waals surface area contributed by atoms with E-state index in [0.717, 1.165) is 37.6 Å². The second-order valence-electron chi connectivity index (χ2n) is 6.96. The van der Waals surface area contributed by atoms with Gasteiger partial charge in [0.2, 0.25) is 0 Å². The van der Waals surface area contributed by atoms with Crippen LogP contribution < -0.4 is 15.4 Å². The molecule has 0 radical (unpaired) electrons. The molecule has 0 spiro atoms. The molecule has 0 aliphatic heterocycles. The Morgan fingerprint density at radius 2 is 2.00 bits per heavy atom. The van der Waals surface area contributed by atoms with Crippen molar-refractivity contribution in [1.29, 1.82) is 0 Å². The average Bonchev–Trinajstić information content (AvgIpc) is 3.20. The summed E-state index contributed by atoms with van der Waals surface area (Å²) in [4.78, 5) is 4.62. The maximum absolute atomic E-state index is 9.90. The van der Waals surface area contributed by atoms with E-state index in [2.05, 4.69) is 29.5 Å². The van der Waals surface area contributed by atoms with Crippen molar-refractivity contribution < 1.29 is 14.6 Å². The van der Waals surface area contributed by atoms with Crippen LogP contribution >= 0.6 is 24.0 Å².